The Hall–Kier alpha value is -2.35. The van der Waals surface area contributed by atoms with Crippen LogP contribution in [0, 0.1) is 0 Å². The van der Waals surface area contributed by atoms with E-state index < -0.39 is 17.1 Å². The van der Waals surface area contributed by atoms with Gasteiger partial charge in [0.15, 0.2) is 10.0 Å². The van der Waals surface area contributed by atoms with Crippen LogP contribution in [0.3, 0.4) is 0 Å². The molecule has 1 amide bonds. The highest BCUT2D eigenvalue weighted by Gasteiger charge is 2.20. The predicted octanol–water partition coefficient (Wildman–Crippen LogP) is 3.27. The van der Waals surface area contributed by atoms with Crippen LogP contribution in [0.5, 0.6) is 5.75 Å². The third-order valence-corrected chi connectivity index (χ3v) is 5.58. The minimum absolute atomic E-state index is 0.102. The summed E-state index contributed by atoms with van der Waals surface area (Å²) in [5, 5.41) is 12.6. The molecule has 116 valence electrons. The van der Waals surface area contributed by atoms with E-state index in [1.54, 1.807) is 24.3 Å². The number of amides is 1. The zero-order valence-electron chi connectivity index (χ0n) is 11.8. The Labute approximate surface area is 139 Å². The second kappa shape index (κ2) is 6.82. The van der Waals surface area contributed by atoms with Crippen molar-refractivity contribution in [2.75, 3.05) is 5.32 Å². The minimum atomic E-state index is -1.33. The summed E-state index contributed by atoms with van der Waals surface area (Å²) in [6.07, 6.45) is 1.48. The van der Waals surface area contributed by atoms with Crippen LogP contribution in [0.4, 0.5) is 5.13 Å². The van der Waals surface area contributed by atoms with Crippen molar-refractivity contribution in [2.45, 2.75) is 9.10 Å². The Morgan fingerprint density at radius 2 is 1.83 bits per heavy atom. The van der Waals surface area contributed by atoms with Crippen LogP contribution in [0.15, 0.2) is 69.9 Å². The molecule has 1 atom stereocenters. The van der Waals surface area contributed by atoms with Crippen LogP contribution in [0.1, 0.15) is 10.4 Å². The van der Waals surface area contributed by atoms with Gasteiger partial charge in [0.05, 0.1) is 11.8 Å². The van der Waals surface area contributed by atoms with Gasteiger partial charge in [0.2, 0.25) is 4.21 Å². The molecule has 5 nitrogen and oxygen atoms in total. The van der Waals surface area contributed by atoms with Crippen LogP contribution in [-0.2, 0) is 11.2 Å². The number of phenolic OH excluding ortho intramolecular Hbond substituents is 1. The van der Waals surface area contributed by atoms with Crippen molar-refractivity contribution < 1.29 is 14.5 Å². The Kier molecular flexibility index (Phi) is 4.61. The number of anilines is 1. The Balaban J connectivity index is 1.75. The highest BCUT2D eigenvalue weighted by Crippen LogP contribution is 2.29. The van der Waals surface area contributed by atoms with Gasteiger partial charge < -0.3 is 9.66 Å². The van der Waals surface area contributed by atoms with Gasteiger partial charge >= 0.3 is 0 Å². The third-order valence-electron chi connectivity index (χ3n) is 2.99. The molecule has 23 heavy (non-hydrogen) atoms. The molecule has 2 N–H and O–H groups in total. The average Bonchev–Trinajstić information content (AvgIpc) is 3.03. The molecule has 1 aromatic heterocycles. The first-order valence-corrected chi connectivity index (χ1v) is 8.64. The molecule has 0 aliphatic heterocycles. The lowest BCUT2D eigenvalue weighted by molar-refractivity contribution is 0.102. The largest absolute Gasteiger partial charge is 0.606 e. The highest BCUT2D eigenvalue weighted by molar-refractivity contribution is 7.93. The number of aromatic hydroxyl groups is 1. The maximum atomic E-state index is 12.4. The first-order chi connectivity index (χ1) is 11.1. The Morgan fingerprint density at radius 1 is 1.13 bits per heavy atom. The summed E-state index contributed by atoms with van der Waals surface area (Å²) in [4.78, 5) is 16.8. The van der Waals surface area contributed by atoms with E-state index in [2.05, 4.69) is 10.3 Å². The zero-order valence-corrected chi connectivity index (χ0v) is 13.4. The second-order valence-corrected chi connectivity index (χ2v) is 7.28. The number of para-hydroxylation sites is 1. The molecule has 1 heterocycles. The maximum absolute atomic E-state index is 12.4. The summed E-state index contributed by atoms with van der Waals surface area (Å²) in [6.45, 7) is 0. The molecule has 0 spiro atoms. The molecule has 0 saturated carbocycles. The van der Waals surface area contributed by atoms with Crippen molar-refractivity contribution >= 4 is 33.6 Å². The summed E-state index contributed by atoms with van der Waals surface area (Å²) in [5.41, 5.74) is 0.161. The van der Waals surface area contributed by atoms with E-state index >= 15 is 0 Å². The highest BCUT2D eigenvalue weighted by atomic mass is 32.2. The van der Waals surface area contributed by atoms with Gasteiger partial charge in [0.25, 0.3) is 5.91 Å². The number of aromatic nitrogens is 1. The van der Waals surface area contributed by atoms with Crippen LogP contribution in [-0.4, -0.2) is 20.6 Å². The van der Waals surface area contributed by atoms with Crippen LogP contribution >= 0.6 is 11.3 Å². The summed E-state index contributed by atoms with van der Waals surface area (Å²) < 4.78 is 12.9. The van der Waals surface area contributed by atoms with E-state index in [-0.39, 0.29) is 11.3 Å². The number of hydrogen-bond donors (Lipinski definition) is 2. The maximum Gasteiger partial charge on any atom is 0.261 e. The summed E-state index contributed by atoms with van der Waals surface area (Å²) in [7, 11) is 0. The number of nitrogens with zero attached hydrogens (tertiary/aromatic N) is 1. The van der Waals surface area contributed by atoms with Crippen LogP contribution in [0.2, 0.25) is 0 Å². The smallest absolute Gasteiger partial charge is 0.261 e. The second-order valence-electron chi connectivity index (χ2n) is 4.54. The van der Waals surface area contributed by atoms with E-state index in [0.29, 0.717) is 14.2 Å². The summed E-state index contributed by atoms with van der Waals surface area (Å²) in [5.74, 6) is -0.566. The number of rotatable bonds is 4. The average molecular weight is 344 g/mol. The monoisotopic (exact) mass is 344 g/mol. The van der Waals surface area contributed by atoms with Crippen molar-refractivity contribution in [2.24, 2.45) is 0 Å². The number of hydrogen-bond acceptors (Lipinski definition) is 5. The fraction of sp³-hybridized carbons (Fsp3) is 0. The minimum Gasteiger partial charge on any atom is -0.606 e. The van der Waals surface area contributed by atoms with E-state index in [1.165, 1.54) is 18.3 Å². The van der Waals surface area contributed by atoms with Gasteiger partial charge in [-0.15, -0.1) is 0 Å². The molecule has 2 aromatic carbocycles. The van der Waals surface area contributed by atoms with Gasteiger partial charge in [-0.1, -0.05) is 30.3 Å². The molecule has 0 bridgehead atoms. The fourth-order valence-corrected chi connectivity index (χ4v) is 4.05. The van der Waals surface area contributed by atoms with E-state index in [1.807, 2.05) is 18.2 Å². The van der Waals surface area contributed by atoms with Crippen molar-refractivity contribution in [3.8, 4) is 5.75 Å². The molecule has 3 aromatic rings. The van der Waals surface area contributed by atoms with Gasteiger partial charge in [-0.05, 0) is 35.6 Å². The van der Waals surface area contributed by atoms with E-state index in [0.717, 1.165) is 11.3 Å². The molecule has 0 saturated heterocycles. The van der Waals surface area contributed by atoms with Crippen molar-refractivity contribution in [3.63, 3.8) is 0 Å². The zero-order chi connectivity index (χ0) is 16.2. The topological polar surface area (TPSA) is 85.3 Å². The van der Waals surface area contributed by atoms with Gasteiger partial charge in [0, 0.05) is 11.2 Å². The van der Waals surface area contributed by atoms with Crippen LogP contribution < -0.4 is 5.32 Å². The van der Waals surface area contributed by atoms with Crippen molar-refractivity contribution in [1.29, 1.82) is 0 Å². The molecule has 3 rings (SSSR count). The number of benzene rings is 2. The van der Waals surface area contributed by atoms with E-state index in [4.69, 9.17) is 0 Å². The van der Waals surface area contributed by atoms with Gasteiger partial charge in [-0.2, -0.15) is 0 Å². The summed E-state index contributed by atoms with van der Waals surface area (Å²) >= 11 is -0.195. The number of carbonyl (C=O) groups excluding carboxylic acids is 1. The predicted molar refractivity (Wildman–Crippen MR) is 89.3 cm³/mol. The number of phenols is 1. The van der Waals surface area contributed by atoms with Gasteiger partial charge in [-0.3, -0.25) is 10.1 Å². The van der Waals surface area contributed by atoms with Crippen LogP contribution in [0.25, 0.3) is 0 Å². The normalized spacial score (nSPS) is 11.9. The van der Waals surface area contributed by atoms with Gasteiger partial charge in [0.1, 0.15) is 5.75 Å². The lowest BCUT2D eigenvalue weighted by atomic mass is 10.2. The first kappa shape index (κ1) is 15.5. The third kappa shape index (κ3) is 3.53. The lowest BCUT2D eigenvalue weighted by Crippen LogP contribution is -2.11. The first-order valence-electron chi connectivity index (χ1n) is 6.67. The number of thiazole rings is 1. The van der Waals surface area contributed by atoms with Crippen molar-refractivity contribution in [3.05, 3.63) is 66.4 Å². The number of nitrogens with one attached hydrogen (secondary N) is 1. The molecule has 0 aliphatic carbocycles. The fourth-order valence-electron chi connectivity index (χ4n) is 1.89. The lowest BCUT2D eigenvalue weighted by Gasteiger charge is -2.06. The summed E-state index contributed by atoms with van der Waals surface area (Å²) in [6, 6.07) is 15.3. The molecular weight excluding hydrogens is 332 g/mol. The molecule has 7 heteroatoms. The molecule has 0 fully saturated rings. The quantitative estimate of drug-likeness (QED) is 0.711. The molecular formula is C16H12N2O3S2. The Morgan fingerprint density at radius 3 is 2.57 bits per heavy atom. The Bertz CT molecular complexity index is 821. The molecule has 0 radical (unpaired) electrons. The van der Waals surface area contributed by atoms with E-state index in [9.17, 15) is 14.5 Å². The van der Waals surface area contributed by atoms with Gasteiger partial charge in [-0.25, -0.2) is 4.98 Å². The molecule has 1 unspecified atom stereocenters. The SMILES string of the molecule is O=C(Nc1ncc([S+]([O-])c2ccccc2)s1)c1ccccc1O. The number of carbonyl (C=O) groups is 1. The van der Waals surface area contributed by atoms with Crippen molar-refractivity contribution in [1.82, 2.24) is 4.98 Å². The molecule has 0 aliphatic rings. The standard InChI is InChI=1S/C16H12N2O3S2/c19-13-9-5-4-8-12(13)15(20)18-16-17-10-14(22-16)23(21)11-6-2-1-3-7-11/h1-10,19H,(H,17,18,20).